The van der Waals surface area contributed by atoms with Gasteiger partial charge in [-0.1, -0.05) is 17.7 Å². The molecule has 4 amide bonds. The number of aromatic hydroxyl groups is 1. The van der Waals surface area contributed by atoms with E-state index in [1.54, 1.807) is 0 Å². The highest BCUT2D eigenvalue weighted by molar-refractivity contribution is 6.24. The highest BCUT2D eigenvalue weighted by Crippen LogP contribution is 2.60. The van der Waals surface area contributed by atoms with E-state index in [0.29, 0.717) is 0 Å². The SMILES string of the molecule is COc1ccc(C2C3=CCC4C(=O)N(c5cc(C(F)(F)F)cc(C(F)(F)F)c5)C(=O)C4C3CC3C(=O)N(c4cc(C(F)(F)F)cc(C(F)(F)F)c4)C(=O)C32)c(O)c1. The number of carbonyl (C=O) groups excluding carboxylic acids is 4. The predicted octanol–water partition coefficient (Wildman–Crippen LogP) is 8.52. The van der Waals surface area contributed by atoms with Gasteiger partial charge in [-0.2, -0.15) is 52.7 Å². The van der Waals surface area contributed by atoms with Gasteiger partial charge in [-0.25, -0.2) is 9.80 Å². The summed E-state index contributed by atoms with van der Waals surface area (Å²) in [5, 5.41) is 11.1. The molecule has 2 aliphatic heterocycles. The Labute approximate surface area is 312 Å². The summed E-state index contributed by atoms with van der Waals surface area (Å²) in [5.41, 5.74) is -9.46. The summed E-state index contributed by atoms with van der Waals surface area (Å²) in [7, 11) is 1.24. The van der Waals surface area contributed by atoms with E-state index in [4.69, 9.17) is 4.74 Å². The maximum Gasteiger partial charge on any atom is 0.416 e. The number of hydrogen-bond acceptors (Lipinski definition) is 6. The van der Waals surface area contributed by atoms with E-state index in [1.165, 1.54) is 25.3 Å². The van der Waals surface area contributed by atoms with Crippen molar-refractivity contribution in [3.8, 4) is 11.5 Å². The lowest BCUT2D eigenvalue weighted by Crippen LogP contribution is -2.43. The molecule has 3 aromatic carbocycles. The van der Waals surface area contributed by atoms with Crippen LogP contribution in [0, 0.1) is 29.6 Å². The number of rotatable bonds is 4. The summed E-state index contributed by atoms with van der Waals surface area (Å²) < 4.78 is 171. The van der Waals surface area contributed by atoms with Crippen molar-refractivity contribution in [1.29, 1.82) is 0 Å². The first-order valence-corrected chi connectivity index (χ1v) is 16.7. The molecule has 6 atom stereocenters. The number of anilines is 2. The largest absolute Gasteiger partial charge is 0.508 e. The zero-order valence-electron chi connectivity index (χ0n) is 28.6. The maximum absolute atomic E-state index is 14.3. The third-order valence-electron chi connectivity index (χ3n) is 10.9. The first kappa shape index (κ1) is 39.7. The van der Waals surface area contributed by atoms with Crippen LogP contribution < -0.4 is 14.5 Å². The minimum Gasteiger partial charge on any atom is -0.508 e. The monoisotopic (exact) mass is 820 g/mol. The van der Waals surface area contributed by atoms with E-state index in [2.05, 4.69) is 0 Å². The van der Waals surface area contributed by atoms with Crippen molar-refractivity contribution in [3.63, 3.8) is 0 Å². The molecular weight excluding hydrogens is 796 g/mol. The van der Waals surface area contributed by atoms with Gasteiger partial charge in [-0.15, -0.1) is 0 Å². The number of amides is 4. The Kier molecular flexibility index (Phi) is 9.04. The number of alkyl halides is 12. The number of imide groups is 2. The van der Waals surface area contributed by atoms with Gasteiger partial charge in [0, 0.05) is 17.5 Å². The van der Waals surface area contributed by atoms with Crippen LogP contribution in [0.25, 0.3) is 0 Å². The molecule has 2 saturated heterocycles. The average molecular weight is 821 g/mol. The van der Waals surface area contributed by atoms with Crippen LogP contribution in [-0.4, -0.2) is 35.8 Å². The molecule has 0 aromatic heterocycles. The second kappa shape index (κ2) is 13.0. The Morgan fingerprint density at radius 1 is 0.579 bits per heavy atom. The lowest BCUT2D eigenvalue weighted by molar-refractivity contribution is -0.144. The van der Waals surface area contributed by atoms with Gasteiger partial charge in [-0.05, 0) is 61.2 Å². The number of ether oxygens (including phenoxy) is 1. The highest BCUT2D eigenvalue weighted by Gasteiger charge is 2.63. The van der Waals surface area contributed by atoms with E-state index in [1.807, 2.05) is 0 Å². The molecule has 6 unspecified atom stereocenters. The molecule has 57 heavy (non-hydrogen) atoms. The van der Waals surface area contributed by atoms with Crippen LogP contribution in [0.5, 0.6) is 11.5 Å². The zero-order valence-corrected chi connectivity index (χ0v) is 28.6. The number of phenols is 1. The van der Waals surface area contributed by atoms with Crippen molar-refractivity contribution < 1.29 is 81.7 Å². The quantitative estimate of drug-likeness (QED) is 0.161. The number of phenolic OH excluding ortho intramolecular Hbond substituents is 1. The number of benzene rings is 3. The van der Waals surface area contributed by atoms with E-state index in [-0.39, 0.29) is 69.5 Å². The van der Waals surface area contributed by atoms with Gasteiger partial charge < -0.3 is 9.84 Å². The second-order valence-electron chi connectivity index (χ2n) is 14.0. The molecule has 20 heteroatoms. The highest BCUT2D eigenvalue weighted by atomic mass is 19.4. The minimum absolute atomic E-state index is 0.0865. The van der Waals surface area contributed by atoms with Crippen molar-refractivity contribution in [2.24, 2.45) is 29.6 Å². The van der Waals surface area contributed by atoms with Crippen LogP contribution in [0.15, 0.2) is 66.2 Å². The number of hydrogen-bond donors (Lipinski definition) is 1. The lowest BCUT2D eigenvalue weighted by Gasteiger charge is -2.44. The van der Waals surface area contributed by atoms with Gasteiger partial charge in [0.2, 0.25) is 23.6 Å². The fraction of sp³-hybridized carbons (Fsp3) is 0.351. The second-order valence-corrected chi connectivity index (χ2v) is 14.0. The molecular formula is C37H24F12N2O6. The lowest BCUT2D eigenvalue weighted by atomic mass is 9.57. The van der Waals surface area contributed by atoms with Crippen LogP contribution in [0.2, 0.25) is 0 Å². The van der Waals surface area contributed by atoms with Crippen molar-refractivity contribution in [2.45, 2.75) is 43.5 Å². The molecule has 302 valence electrons. The molecule has 3 aromatic rings. The van der Waals surface area contributed by atoms with Crippen LogP contribution in [0.4, 0.5) is 64.1 Å². The molecule has 3 fully saturated rings. The molecule has 0 bridgehead atoms. The zero-order chi connectivity index (χ0) is 41.9. The van der Waals surface area contributed by atoms with Crippen LogP contribution >= 0.6 is 0 Å². The first-order valence-electron chi connectivity index (χ1n) is 16.7. The Bertz CT molecular complexity index is 2200. The van der Waals surface area contributed by atoms with Crippen molar-refractivity contribution >= 4 is 35.0 Å². The fourth-order valence-corrected chi connectivity index (χ4v) is 8.49. The standard InChI is InChI=1S/C37H24F12N2O6/c1-57-20-2-3-22(26(52)12-20)27-21-4-5-23-28(32(55)50(30(23)53)18-8-14(34(38,39)40)6-15(9-18)35(41,42)43)24(21)13-25-29(27)33(56)51(31(25)54)19-10-16(36(44,45)46)7-17(11-19)37(47,48)49/h2-4,6-12,23-25,27-29,52H,5,13H2,1H3. The molecule has 0 radical (unpaired) electrons. The third-order valence-corrected chi connectivity index (χ3v) is 10.9. The molecule has 1 saturated carbocycles. The molecule has 0 spiro atoms. The van der Waals surface area contributed by atoms with Crippen molar-refractivity contribution in [2.75, 3.05) is 16.9 Å². The summed E-state index contributed by atoms with van der Waals surface area (Å²) in [5.74, 6) is -14.4. The normalized spacial score (nSPS) is 25.4. The minimum atomic E-state index is -5.37. The van der Waals surface area contributed by atoms with E-state index < -0.39 is 130 Å². The average Bonchev–Trinajstić information content (AvgIpc) is 3.52. The van der Waals surface area contributed by atoms with Crippen molar-refractivity contribution in [1.82, 2.24) is 0 Å². The van der Waals surface area contributed by atoms with E-state index in [9.17, 15) is 77.0 Å². The van der Waals surface area contributed by atoms with Gasteiger partial charge in [-0.3, -0.25) is 19.2 Å². The molecule has 1 N–H and O–H groups in total. The Morgan fingerprint density at radius 3 is 1.44 bits per heavy atom. The Hall–Kier alpha value is -5.56. The number of allylic oxidation sites excluding steroid dienone is 2. The summed E-state index contributed by atoms with van der Waals surface area (Å²) in [6.45, 7) is 0. The molecule has 8 nitrogen and oxygen atoms in total. The van der Waals surface area contributed by atoms with Gasteiger partial charge in [0.05, 0.1) is 64.4 Å². The fourth-order valence-electron chi connectivity index (χ4n) is 8.49. The summed E-state index contributed by atoms with van der Waals surface area (Å²) >= 11 is 0. The summed E-state index contributed by atoms with van der Waals surface area (Å²) in [4.78, 5) is 56.7. The van der Waals surface area contributed by atoms with Crippen LogP contribution in [0.3, 0.4) is 0 Å². The number of halogens is 12. The first-order chi connectivity index (χ1) is 26.3. The number of fused-ring (bicyclic) bond motifs is 4. The molecule has 4 aliphatic rings. The Morgan fingerprint density at radius 2 is 1.02 bits per heavy atom. The number of methoxy groups -OCH3 is 1. The molecule has 2 aliphatic carbocycles. The number of nitrogens with zero attached hydrogens (tertiary/aromatic N) is 2. The van der Waals surface area contributed by atoms with E-state index in [0.717, 1.165) is 6.07 Å². The van der Waals surface area contributed by atoms with E-state index >= 15 is 0 Å². The smallest absolute Gasteiger partial charge is 0.416 e. The Balaban J connectivity index is 1.36. The maximum atomic E-state index is 14.3. The molecule has 2 heterocycles. The summed E-state index contributed by atoms with van der Waals surface area (Å²) in [6.07, 6.45) is -21.0. The van der Waals surface area contributed by atoms with Crippen molar-refractivity contribution in [3.05, 3.63) is 94.1 Å². The van der Waals surface area contributed by atoms with Gasteiger partial charge in [0.25, 0.3) is 0 Å². The van der Waals surface area contributed by atoms with Crippen LogP contribution in [-0.2, 0) is 43.9 Å². The van der Waals surface area contributed by atoms with Gasteiger partial charge >= 0.3 is 24.7 Å². The summed E-state index contributed by atoms with van der Waals surface area (Å²) in [6, 6.07) is 3.98. The van der Waals surface area contributed by atoms with Crippen LogP contribution in [0.1, 0.15) is 46.6 Å². The van der Waals surface area contributed by atoms with Gasteiger partial charge in [0.1, 0.15) is 11.5 Å². The molecule has 7 rings (SSSR count). The third kappa shape index (κ3) is 6.55. The topological polar surface area (TPSA) is 104 Å². The number of carbonyl (C=O) groups is 4. The van der Waals surface area contributed by atoms with Gasteiger partial charge in [0.15, 0.2) is 0 Å². The predicted molar refractivity (Wildman–Crippen MR) is 170 cm³/mol.